The van der Waals surface area contributed by atoms with Crippen molar-refractivity contribution in [3.63, 3.8) is 0 Å². The third-order valence-electron chi connectivity index (χ3n) is 2.54. The number of esters is 1. The lowest BCUT2D eigenvalue weighted by molar-refractivity contribution is 0.0520. The SMILES string of the molecule is CCOC(=O)c1nc(-c2ccccc2)c(C#N)nc1N. The van der Waals surface area contributed by atoms with E-state index in [9.17, 15) is 4.79 Å². The lowest BCUT2D eigenvalue weighted by Crippen LogP contribution is -2.13. The van der Waals surface area contributed by atoms with Gasteiger partial charge in [0.15, 0.2) is 17.2 Å². The maximum atomic E-state index is 11.8. The quantitative estimate of drug-likeness (QED) is 0.851. The van der Waals surface area contributed by atoms with Crippen LogP contribution in [0, 0.1) is 11.3 Å². The molecule has 1 aromatic carbocycles. The van der Waals surface area contributed by atoms with Gasteiger partial charge in [-0.3, -0.25) is 0 Å². The third-order valence-corrected chi connectivity index (χ3v) is 2.54. The Labute approximate surface area is 115 Å². The van der Waals surface area contributed by atoms with Crippen molar-refractivity contribution in [2.24, 2.45) is 0 Å². The normalized spacial score (nSPS) is 9.80. The van der Waals surface area contributed by atoms with Crippen LogP contribution in [-0.4, -0.2) is 22.5 Å². The van der Waals surface area contributed by atoms with Crippen LogP contribution in [0.4, 0.5) is 5.82 Å². The van der Waals surface area contributed by atoms with E-state index in [1.165, 1.54) is 0 Å². The Kier molecular flexibility index (Phi) is 3.91. The third kappa shape index (κ3) is 2.57. The molecule has 6 heteroatoms. The standard InChI is InChI=1S/C14H12N4O2/c1-2-20-14(19)12-13(16)17-10(8-15)11(18-12)9-6-4-3-5-7-9/h3-7H,2H2,1H3,(H2,16,17). The molecule has 2 N–H and O–H groups in total. The molecule has 20 heavy (non-hydrogen) atoms. The molecule has 0 fully saturated rings. The van der Waals surface area contributed by atoms with E-state index in [-0.39, 0.29) is 23.8 Å². The molecule has 6 nitrogen and oxygen atoms in total. The molecule has 2 aromatic rings. The number of nitriles is 1. The summed E-state index contributed by atoms with van der Waals surface area (Å²) in [7, 11) is 0. The molecule has 0 spiro atoms. The second-order valence-corrected chi connectivity index (χ2v) is 3.85. The van der Waals surface area contributed by atoms with Crippen LogP contribution < -0.4 is 5.73 Å². The molecule has 0 aliphatic carbocycles. The number of benzene rings is 1. The minimum atomic E-state index is -0.654. The predicted molar refractivity (Wildman–Crippen MR) is 72.6 cm³/mol. The Hall–Kier alpha value is -2.94. The van der Waals surface area contributed by atoms with Gasteiger partial charge in [0.2, 0.25) is 0 Å². The minimum absolute atomic E-state index is 0.0711. The number of nitrogen functional groups attached to an aromatic ring is 1. The molecular formula is C14H12N4O2. The van der Waals surface area contributed by atoms with Crippen LogP contribution in [0.1, 0.15) is 23.1 Å². The fraction of sp³-hybridized carbons (Fsp3) is 0.143. The van der Waals surface area contributed by atoms with E-state index in [0.29, 0.717) is 11.3 Å². The number of hydrogen-bond acceptors (Lipinski definition) is 6. The van der Waals surface area contributed by atoms with Crippen molar-refractivity contribution < 1.29 is 9.53 Å². The number of ether oxygens (including phenoxy) is 1. The van der Waals surface area contributed by atoms with Crippen molar-refractivity contribution in [2.75, 3.05) is 12.3 Å². The number of carbonyl (C=O) groups excluding carboxylic acids is 1. The second-order valence-electron chi connectivity index (χ2n) is 3.85. The molecule has 0 amide bonds. The number of nitrogens with zero attached hydrogens (tertiary/aromatic N) is 3. The van der Waals surface area contributed by atoms with Crippen LogP contribution in [-0.2, 0) is 4.74 Å². The summed E-state index contributed by atoms with van der Waals surface area (Å²) < 4.78 is 4.87. The summed E-state index contributed by atoms with van der Waals surface area (Å²) in [4.78, 5) is 19.8. The van der Waals surface area contributed by atoms with Crippen LogP contribution in [0.15, 0.2) is 30.3 Å². The first-order valence-electron chi connectivity index (χ1n) is 5.97. The van der Waals surface area contributed by atoms with E-state index in [4.69, 9.17) is 15.7 Å². The molecule has 1 heterocycles. The molecular weight excluding hydrogens is 256 g/mol. The van der Waals surface area contributed by atoms with Gasteiger partial charge in [0.05, 0.1) is 6.61 Å². The summed E-state index contributed by atoms with van der Waals surface area (Å²) in [5.74, 6) is -0.765. The monoisotopic (exact) mass is 268 g/mol. The zero-order valence-electron chi connectivity index (χ0n) is 10.8. The summed E-state index contributed by atoms with van der Waals surface area (Å²) >= 11 is 0. The van der Waals surface area contributed by atoms with Gasteiger partial charge in [-0.2, -0.15) is 5.26 Å². The van der Waals surface area contributed by atoms with Gasteiger partial charge < -0.3 is 10.5 Å². The Morgan fingerprint density at radius 1 is 1.35 bits per heavy atom. The van der Waals surface area contributed by atoms with Gasteiger partial charge in [-0.15, -0.1) is 0 Å². The molecule has 0 saturated heterocycles. The van der Waals surface area contributed by atoms with Crippen molar-refractivity contribution in [2.45, 2.75) is 6.92 Å². The predicted octanol–water partition coefficient (Wildman–Crippen LogP) is 1.77. The maximum Gasteiger partial charge on any atom is 0.360 e. The van der Waals surface area contributed by atoms with Gasteiger partial charge in [-0.25, -0.2) is 14.8 Å². The first-order chi connectivity index (χ1) is 9.67. The molecule has 100 valence electrons. The van der Waals surface area contributed by atoms with Crippen LogP contribution >= 0.6 is 0 Å². The van der Waals surface area contributed by atoms with Crippen molar-refractivity contribution in [3.05, 3.63) is 41.7 Å². The van der Waals surface area contributed by atoms with Crippen molar-refractivity contribution in [1.82, 2.24) is 9.97 Å². The Balaban J connectivity index is 2.59. The summed E-state index contributed by atoms with van der Waals surface area (Å²) in [6.45, 7) is 1.89. The van der Waals surface area contributed by atoms with E-state index in [2.05, 4.69) is 9.97 Å². The van der Waals surface area contributed by atoms with E-state index in [0.717, 1.165) is 0 Å². The Morgan fingerprint density at radius 2 is 2.05 bits per heavy atom. The molecule has 1 aromatic heterocycles. The largest absolute Gasteiger partial charge is 0.461 e. The van der Waals surface area contributed by atoms with Crippen LogP contribution in [0.3, 0.4) is 0 Å². The highest BCUT2D eigenvalue weighted by atomic mass is 16.5. The molecule has 0 radical (unpaired) electrons. The van der Waals surface area contributed by atoms with Crippen LogP contribution in [0.2, 0.25) is 0 Å². The highest BCUT2D eigenvalue weighted by Crippen LogP contribution is 2.22. The molecule has 0 aliphatic heterocycles. The van der Waals surface area contributed by atoms with E-state index in [1.54, 1.807) is 31.2 Å². The van der Waals surface area contributed by atoms with Crippen LogP contribution in [0.25, 0.3) is 11.3 Å². The number of aromatic nitrogens is 2. The molecule has 2 rings (SSSR count). The Morgan fingerprint density at radius 3 is 2.65 bits per heavy atom. The van der Waals surface area contributed by atoms with Gasteiger partial charge in [0.1, 0.15) is 11.8 Å². The van der Waals surface area contributed by atoms with Crippen LogP contribution in [0.5, 0.6) is 0 Å². The number of anilines is 1. The lowest BCUT2D eigenvalue weighted by Gasteiger charge is -2.08. The average molecular weight is 268 g/mol. The van der Waals surface area contributed by atoms with E-state index in [1.807, 2.05) is 12.1 Å². The van der Waals surface area contributed by atoms with E-state index < -0.39 is 5.97 Å². The smallest absolute Gasteiger partial charge is 0.360 e. The van der Waals surface area contributed by atoms with Gasteiger partial charge in [-0.1, -0.05) is 30.3 Å². The topological polar surface area (TPSA) is 102 Å². The first-order valence-corrected chi connectivity index (χ1v) is 5.97. The zero-order chi connectivity index (χ0) is 14.5. The molecule has 0 aliphatic rings. The zero-order valence-corrected chi connectivity index (χ0v) is 10.8. The molecule has 0 saturated carbocycles. The van der Waals surface area contributed by atoms with Gasteiger partial charge >= 0.3 is 5.97 Å². The van der Waals surface area contributed by atoms with Gasteiger partial charge in [0, 0.05) is 5.56 Å². The summed E-state index contributed by atoms with van der Waals surface area (Å²) in [5.41, 5.74) is 6.63. The number of hydrogen-bond donors (Lipinski definition) is 1. The first kappa shape index (κ1) is 13.5. The molecule has 0 atom stereocenters. The molecule has 0 unspecified atom stereocenters. The van der Waals surface area contributed by atoms with E-state index >= 15 is 0 Å². The Bertz CT molecular complexity index is 678. The lowest BCUT2D eigenvalue weighted by atomic mass is 10.1. The summed E-state index contributed by atoms with van der Waals surface area (Å²) in [5, 5.41) is 9.11. The summed E-state index contributed by atoms with van der Waals surface area (Å²) in [6, 6.07) is 10.9. The number of rotatable bonds is 3. The van der Waals surface area contributed by atoms with Gasteiger partial charge in [-0.05, 0) is 6.92 Å². The highest BCUT2D eigenvalue weighted by molar-refractivity contribution is 5.92. The maximum absolute atomic E-state index is 11.8. The van der Waals surface area contributed by atoms with Crippen molar-refractivity contribution in [3.8, 4) is 17.3 Å². The minimum Gasteiger partial charge on any atom is -0.461 e. The molecule has 0 bridgehead atoms. The van der Waals surface area contributed by atoms with Crippen molar-refractivity contribution >= 4 is 11.8 Å². The number of carbonyl (C=O) groups is 1. The second kappa shape index (κ2) is 5.80. The van der Waals surface area contributed by atoms with Gasteiger partial charge in [0.25, 0.3) is 0 Å². The summed E-state index contributed by atoms with van der Waals surface area (Å²) in [6.07, 6.45) is 0. The average Bonchev–Trinajstić information content (AvgIpc) is 2.48. The number of nitrogens with two attached hydrogens (primary N) is 1. The fourth-order valence-corrected chi connectivity index (χ4v) is 1.67. The highest BCUT2D eigenvalue weighted by Gasteiger charge is 2.19. The fourth-order valence-electron chi connectivity index (χ4n) is 1.67. The van der Waals surface area contributed by atoms with Crippen molar-refractivity contribution in [1.29, 1.82) is 5.26 Å².